The summed E-state index contributed by atoms with van der Waals surface area (Å²) in [5.74, 6) is 0.694. The number of rotatable bonds is 3. The second kappa shape index (κ2) is 7.93. The number of hydrogen-bond acceptors (Lipinski definition) is 4. The number of nitrogens with one attached hydrogen (secondary N) is 3. The number of hydrogen-bond donors (Lipinski definition) is 3. The molecule has 1 unspecified atom stereocenters. The van der Waals surface area contributed by atoms with Crippen LogP contribution < -0.4 is 16.2 Å². The molecule has 0 spiro atoms. The Bertz CT molecular complexity index is 601. The van der Waals surface area contributed by atoms with Gasteiger partial charge in [0.1, 0.15) is 11.4 Å². The summed E-state index contributed by atoms with van der Waals surface area (Å²) in [5, 5.41) is 6.18. The molecule has 1 aliphatic rings. The summed E-state index contributed by atoms with van der Waals surface area (Å²) in [7, 11) is 0. The lowest BCUT2D eigenvalue weighted by Gasteiger charge is -2.23. The first-order chi connectivity index (χ1) is 10.3. The number of aromatic nitrogens is 2. The van der Waals surface area contributed by atoms with E-state index in [1.165, 1.54) is 0 Å². The van der Waals surface area contributed by atoms with Crippen LogP contribution in [0.2, 0.25) is 0 Å². The molecule has 0 radical (unpaired) electrons. The van der Waals surface area contributed by atoms with Crippen LogP contribution in [0.1, 0.15) is 55.5 Å². The fourth-order valence-electron chi connectivity index (χ4n) is 2.63. The van der Waals surface area contributed by atoms with E-state index in [0.29, 0.717) is 24.0 Å². The number of carbonyl (C=O) groups excluding carboxylic acids is 1. The van der Waals surface area contributed by atoms with E-state index >= 15 is 0 Å². The van der Waals surface area contributed by atoms with Crippen molar-refractivity contribution < 1.29 is 4.79 Å². The summed E-state index contributed by atoms with van der Waals surface area (Å²) in [6, 6.07) is 0. The lowest BCUT2D eigenvalue weighted by atomic mass is 9.95. The highest BCUT2D eigenvalue weighted by molar-refractivity contribution is 5.94. The maximum Gasteiger partial charge on any atom is 0.264 e. The largest absolute Gasteiger partial charge is 0.351 e. The van der Waals surface area contributed by atoms with Crippen molar-refractivity contribution in [3.8, 4) is 0 Å². The van der Waals surface area contributed by atoms with Crippen molar-refractivity contribution in [2.75, 3.05) is 19.6 Å². The predicted octanol–water partition coefficient (Wildman–Crippen LogP) is 1.53. The summed E-state index contributed by atoms with van der Waals surface area (Å²) in [5.41, 5.74) is -0.0198. The molecule has 0 aliphatic carbocycles. The third-order valence-corrected chi connectivity index (χ3v) is 3.99. The molecule has 23 heavy (non-hydrogen) atoms. The molecule has 0 aromatic carbocycles. The van der Waals surface area contributed by atoms with Crippen molar-refractivity contribution in [1.82, 2.24) is 20.6 Å². The van der Waals surface area contributed by atoms with Gasteiger partial charge in [-0.15, -0.1) is 12.4 Å². The van der Waals surface area contributed by atoms with Gasteiger partial charge in [-0.25, -0.2) is 4.98 Å². The Labute approximate surface area is 143 Å². The molecule has 1 atom stereocenters. The van der Waals surface area contributed by atoms with E-state index in [2.05, 4.69) is 20.6 Å². The van der Waals surface area contributed by atoms with Crippen LogP contribution in [0.3, 0.4) is 0 Å². The standard InChI is InChI=1S/C16H26N4O2.ClH/c1-10-12(14(22)20-15(19-10)16(2,3)4)13(21)18-9-11-6-5-7-17-8-11;/h11,17H,5-9H2,1-4H3,(H,18,21)(H,19,20,22);1H. The second-order valence-corrected chi connectivity index (χ2v) is 7.05. The van der Waals surface area contributed by atoms with Gasteiger partial charge in [-0.05, 0) is 38.8 Å². The molecule has 2 heterocycles. The number of nitrogens with zero attached hydrogens (tertiary/aromatic N) is 1. The first kappa shape index (κ1) is 19.6. The quantitative estimate of drug-likeness (QED) is 0.777. The Morgan fingerprint density at radius 1 is 1.39 bits per heavy atom. The van der Waals surface area contributed by atoms with Crippen LogP contribution in [0, 0.1) is 12.8 Å². The smallest absolute Gasteiger partial charge is 0.264 e. The Morgan fingerprint density at radius 2 is 2.09 bits per heavy atom. The van der Waals surface area contributed by atoms with Gasteiger partial charge in [-0.3, -0.25) is 9.59 Å². The molecule has 7 heteroatoms. The van der Waals surface area contributed by atoms with Gasteiger partial charge in [0.15, 0.2) is 0 Å². The molecule has 2 rings (SSSR count). The maximum absolute atomic E-state index is 12.3. The molecule has 0 saturated carbocycles. The lowest BCUT2D eigenvalue weighted by Crippen LogP contribution is -2.40. The number of amides is 1. The zero-order valence-electron chi connectivity index (χ0n) is 14.3. The van der Waals surface area contributed by atoms with Crippen molar-refractivity contribution in [1.29, 1.82) is 0 Å². The first-order valence-electron chi connectivity index (χ1n) is 7.89. The topological polar surface area (TPSA) is 86.9 Å². The van der Waals surface area contributed by atoms with Crippen LogP contribution in [-0.2, 0) is 5.41 Å². The molecule has 1 saturated heterocycles. The van der Waals surface area contributed by atoms with Gasteiger partial charge in [0.25, 0.3) is 11.5 Å². The summed E-state index contributed by atoms with van der Waals surface area (Å²) in [4.78, 5) is 31.7. The van der Waals surface area contributed by atoms with Gasteiger partial charge >= 0.3 is 0 Å². The highest BCUT2D eigenvalue weighted by atomic mass is 35.5. The summed E-state index contributed by atoms with van der Waals surface area (Å²) in [6.45, 7) is 10.2. The predicted molar refractivity (Wildman–Crippen MR) is 93.5 cm³/mol. The van der Waals surface area contributed by atoms with Crippen molar-refractivity contribution in [3.63, 3.8) is 0 Å². The zero-order chi connectivity index (χ0) is 16.3. The fourth-order valence-corrected chi connectivity index (χ4v) is 2.63. The van der Waals surface area contributed by atoms with E-state index in [1.807, 2.05) is 20.8 Å². The number of aryl methyl sites for hydroxylation is 1. The van der Waals surface area contributed by atoms with Gasteiger partial charge in [-0.2, -0.15) is 0 Å². The van der Waals surface area contributed by atoms with Crippen molar-refractivity contribution in [2.45, 2.75) is 46.0 Å². The van der Waals surface area contributed by atoms with E-state index < -0.39 is 0 Å². The third kappa shape index (κ3) is 5.04. The number of carbonyl (C=O) groups is 1. The van der Waals surface area contributed by atoms with E-state index in [4.69, 9.17) is 0 Å². The first-order valence-corrected chi connectivity index (χ1v) is 7.89. The monoisotopic (exact) mass is 342 g/mol. The van der Waals surface area contributed by atoms with Crippen LogP contribution >= 0.6 is 12.4 Å². The van der Waals surface area contributed by atoms with Crippen molar-refractivity contribution in [3.05, 3.63) is 27.4 Å². The van der Waals surface area contributed by atoms with Gasteiger partial charge in [0, 0.05) is 12.0 Å². The van der Waals surface area contributed by atoms with Crippen LogP contribution in [0.15, 0.2) is 4.79 Å². The average molecular weight is 343 g/mol. The second-order valence-electron chi connectivity index (χ2n) is 7.05. The third-order valence-electron chi connectivity index (χ3n) is 3.99. The Balaban J connectivity index is 0.00000264. The van der Waals surface area contributed by atoms with Gasteiger partial charge in [0.2, 0.25) is 0 Å². The molecule has 1 aromatic heterocycles. The van der Waals surface area contributed by atoms with Crippen molar-refractivity contribution in [2.24, 2.45) is 5.92 Å². The van der Waals surface area contributed by atoms with Crippen LogP contribution in [-0.4, -0.2) is 35.5 Å². The van der Waals surface area contributed by atoms with E-state index in [1.54, 1.807) is 6.92 Å². The molecule has 1 fully saturated rings. The Kier molecular flexibility index (Phi) is 6.77. The van der Waals surface area contributed by atoms with Gasteiger partial charge in [0.05, 0.1) is 5.69 Å². The van der Waals surface area contributed by atoms with E-state index in [-0.39, 0.29) is 34.9 Å². The van der Waals surface area contributed by atoms with Gasteiger partial charge in [-0.1, -0.05) is 20.8 Å². The molecule has 3 N–H and O–H groups in total. The minimum Gasteiger partial charge on any atom is -0.351 e. The molecule has 0 bridgehead atoms. The Hall–Kier alpha value is -1.40. The summed E-state index contributed by atoms with van der Waals surface area (Å²) < 4.78 is 0. The molecule has 130 valence electrons. The van der Waals surface area contributed by atoms with Crippen LogP contribution in [0.5, 0.6) is 0 Å². The number of aromatic amines is 1. The van der Waals surface area contributed by atoms with E-state index in [0.717, 1.165) is 25.9 Å². The van der Waals surface area contributed by atoms with E-state index in [9.17, 15) is 9.59 Å². The molecule has 1 aromatic rings. The number of H-pyrrole nitrogens is 1. The minimum atomic E-state index is -0.364. The molecule has 1 amide bonds. The van der Waals surface area contributed by atoms with Crippen LogP contribution in [0.25, 0.3) is 0 Å². The molecular weight excluding hydrogens is 316 g/mol. The summed E-state index contributed by atoms with van der Waals surface area (Å²) >= 11 is 0. The summed E-state index contributed by atoms with van der Waals surface area (Å²) in [6.07, 6.45) is 2.23. The van der Waals surface area contributed by atoms with Gasteiger partial charge < -0.3 is 15.6 Å². The lowest BCUT2D eigenvalue weighted by molar-refractivity contribution is 0.0942. The Morgan fingerprint density at radius 3 is 2.61 bits per heavy atom. The fraction of sp³-hybridized carbons (Fsp3) is 0.688. The highest BCUT2D eigenvalue weighted by Crippen LogP contribution is 2.17. The molecular formula is C16H27ClN4O2. The highest BCUT2D eigenvalue weighted by Gasteiger charge is 2.22. The number of halogens is 1. The maximum atomic E-state index is 12.3. The SMILES string of the molecule is Cc1nc(C(C)(C)C)[nH]c(=O)c1C(=O)NCC1CCCNC1.Cl. The zero-order valence-corrected chi connectivity index (χ0v) is 15.1. The molecule has 6 nitrogen and oxygen atoms in total. The molecule has 1 aliphatic heterocycles. The average Bonchev–Trinajstić information content (AvgIpc) is 2.44. The number of piperidine rings is 1. The van der Waals surface area contributed by atoms with Crippen LogP contribution in [0.4, 0.5) is 0 Å². The normalized spacial score (nSPS) is 18.2. The minimum absolute atomic E-state index is 0. The van der Waals surface area contributed by atoms with Crippen molar-refractivity contribution >= 4 is 18.3 Å².